The molecule has 2 aliphatic heterocycles. The molecular weight excluding hydrogens is 364 g/mol. The number of rotatable bonds is 6. The van der Waals surface area contributed by atoms with E-state index in [9.17, 15) is 9.59 Å². The van der Waals surface area contributed by atoms with Gasteiger partial charge in [-0.2, -0.15) is 0 Å². The van der Waals surface area contributed by atoms with Gasteiger partial charge in [-0.15, -0.1) is 0 Å². The molecule has 154 valence electrons. The number of carbonyl (C=O) groups excluding carboxylic acids is 2. The standard InChI is InChI=1S/C23H30N4O2/c28-22(18-25-12-6-1-2-7-13-25)24-15-20-17-26-14-8-11-21(26)23(29)27(20)16-19-9-4-3-5-10-19/h3-5,8-11,14,20H,1-2,6-7,12-13,15-18H2,(H,24,28). The van der Waals surface area contributed by atoms with Crippen LogP contribution in [0.2, 0.25) is 0 Å². The lowest BCUT2D eigenvalue weighted by molar-refractivity contribution is -0.122. The van der Waals surface area contributed by atoms with Crippen LogP contribution in [-0.2, 0) is 17.9 Å². The highest BCUT2D eigenvalue weighted by Gasteiger charge is 2.32. The maximum atomic E-state index is 13.1. The molecule has 6 heteroatoms. The summed E-state index contributed by atoms with van der Waals surface area (Å²) in [6.45, 7) is 4.18. The van der Waals surface area contributed by atoms with Crippen LogP contribution >= 0.6 is 0 Å². The molecule has 0 saturated carbocycles. The molecule has 29 heavy (non-hydrogen) atoms. The van der Waals surface area contributed by atoms with Crippen LogP contribution in [0.4, 0.5) is 0 Å². The van der Waals surface area contributed by atoms with E-state index in [-0.39, 0.29) is 17.9 Å². The van der Waals surface area contributed by atoms with E-state index in [4.69, 9.17) is 0 Å². The molecule has 4 rings (SSSR count). The number of nitrogens with one attached hydrogen (secondary N) is 1. The summed E-state index contributed by atoms with van der Waals surface area (Å²) in [6.07, 6.45) is 6.81. The van der Waals surface area contributed by atoms with E-state index >= 15 is 0 Å². The van der Waals surface area contributed by atoms with Crippen molar-refractivity contribution in [3.05, 3.63) is 59.9 Å². The van der Waals surface area contributed by atoms with E-state index in [0.717, 1.165) is 18.7 Å². The predicted molar refractivity (Wildman–Crippen MR) is 112 cm³/mol. The molecule has 1 fully saturated rings. The second-order valence-corrected chi connectivity index (χ2v) is 8.11. The smallest absolute Gasteiger partial charge is 0.271 e. The molecule has 1 atom stereocenters. The molecular formula is C23H30N4O2. The van der Waals surface area contributed by atoms with E-state index in [2.05, 4.69) is 10.2 Å². The molecule has 0 spiro atoms. The molecule has 1 saturated heterocycles. The molecule has 2 aromatic rings. The molecule has 1 aromatic heterocycles. The highest BCUT2D eigenvalue weighted by atomic mass is 16.2. The highest BCUT2D eigenvalue weighted by Crippen LogP contribution is 2.20. The number of amides is 2. The first-order valence-corrected chi connectivity index (χ1v) is 10.7. The molecule has 0 radical (unpaired) electrons. The average molecular weight is 395 g/mol. The Bertz CT molecular complexity index is 824. The Hall–Kier alpha value is -2.60. The van der Waals surface area contributed by atoms with Crippen LogP contribution in [-0.4, -0.2) is 58.4 Å². The van der Waals surface area contributed by atoms with Gasteiger partial charge in [0, 0.05) is 25.8 Å². The second kappa shape index (κ2) is 9.27. The first kappa shape index (κ1) is 19.7. The molecule has 2 aliphatic rings. The van der Waals surface area contributed by atoms with Gasteiger partial charge in [0.1, 0.15) is 5.69 Å². The normalized spacial score (nSPS) is 20.2. The van der Waals surface area contributed by atoms with Gasteiger partial charge in [-0.1, -0.05) is 43.2 Å². The summed E-state index contributed by atoms with van der Waals surface area (Å²) in [5.41, 5.74) is 1.81. The summed E-state index contributed by atoms with van der Waals surface area (Å²) < 4.78 is 2.00. The topological polar surface area (TPSA) is 57.6 Å². The predicted octanol–water partition coefficient (Wildman–Crippen LogP) is 2.50. The van der Waals surface area contributed by atoms with Crippen LogP contribution < -0.4 is 5.32 Å². The minimum Gasteiger partial charge on any atom is -0.353 e. The lowest BCUT2D eigenvalue weighted by atomic mass is 10.1. The van der Waals surface area contributed by atoms with Crippen molar-refractivity contribution >= 4 is 11.8 Å². The number of hydrogen-bond acceptors (Lipinski definition) is 3. The number of benzene rings is 1. The van der Waals surface area contributed by atoms with Gasteiger partial charge < -0.3 is 14.8 Å². The minimum absolute atomic E-state index is 0.0249. The summed E-state index contributed by atoms with van der Waals surface area (Å²) >= 11 is 0. The zero-order valence-corrected chi connectivity index (χ0v) is 16.9. The Morgan fingerprint density at radius 1 is 1.00 bits per heavy atom. The molecule has 2 amide bonds. The van der Waals surface area contributed by atoms with Crippen molar-refractivity contribution < 1.29 is 9.59 Å². The van der Waals surface area contributed by atoms with Crippen LogP contribution in [0.25, 0.3) is 0 Å². The third kappa shape index (κ3) is 4.88. The maximum Gasteiger partial charge on any atom is 0.271 e. The van der Waals surface area contributed by atoms with Crippen LogP contribution in [0.3, 0.4) is 0 Å². The Morgan fingerprint density at radius 3 is 2.52 bits per heavy atom. The molecule has 6 nitrogen and oxygen atoms in total. The summed E-state index contributed by atoms with van der Waals surface area (Å²) in [6, 6.07) is 13.8. The zero-order valence-electron chi connectivity index (χ0n) is 16.9. The van der Waals surface area contributed by atoms with E-state index in [1.807, 2.05) is 58.1 Å². The van der Waals surface area contributed by atoms with Crippen molar-refractivity contribution in [3.63, 3.8) is 0 Å². The summed E-state index contributed by atoms with van der Waals surface area (Å²) in [4.78, 5) is 29.8. The first-order chi connectivity index (χ1) is 14.2. The van der Waals surface area contributed by atoms with E-state index < -0.39 is 0 Å². The fraction of sp³-hybridized carbons (Fsp3) is 0.478. The zero-order chi connectivity index (χ0) is 20.1. The summed E-state index contributed by atoms with van der Waals surface area (Å²) in [5.74, 6) is 0.0779. The number of carbonyl (C=O) groups is 2. The van der Waals surface area contributed by atoms with Crippen LogP contribution in [0.1, 0.15) is 41.7 Å². The molecule has 0 aliphatic carbocycles. The van der Waals surface area contributed by atoms with Gasteiger partial charge in [0.2, 0.25) is 5.91 Å². The van der Waals surface area contributed by atoms with E-state index in [1.165, 1.54) is 25.7 Å². The summed E-state index contributed by atoms with van der Waals surface area (Å²) in [5, 5.41) is 3.09. The van der Waals surface area contributed by atoms with Crippen molar-refractivity contribution in [1.82, 2.24) is 19.7 Å². The molecule has 0 bridgehead atoms. The average Bonchev–Trinajstić information content (AvgIpc) is 3.06. The number of fused-ring (bicyclic) bond motifs is 1. The van der Waals surface area contributed by atoms with Crippen molar-refractivity contribution in [3.8, 4) is 0 Å². The monoisotopic (exact) mass is 394 g/mol. The molecule has 1 aromatic carbocycles. The van der Waals surface area contributed by atoms with Gasteiger partial charge in [-0.05, 0) is 43.6 Å². The van der Waals surface area contributed by atoms with Crippen molar-refractivity contribution in [1.29, 1.82) is 0 Å². The molecule has 1 unspecified atom stereocenters. The number of likely N-dealkylation sites (tertiary alicyclic amines) is 1. The van der Waals surface area contributed by atoms with Crippen molar-refractivity contribution in [2.24, 2.45) is 0 Å². The Morgan fingerprint density at radius 2 is 1.76 bits per heavy atom. The van der Waals surface area contributed by atoms with Crippen LogP contribution in [0.15, 0.2) is 48.7 Å². The van der Waals surface area contributed by atoms with Gasteiger partial charge in [0.05, 0.1) is 12.6 Å². The third-order valence-corrected chi connectivity index (χ3v) is 5.95. The summed E-state index contributed by atoms with van der Waals surface area (Å²) in [7, 11) is 0. The maximum absolute atomic E-state index is 13.1. The fourth-order valence-corrected chi connectivity index (χ4v) is 4.35. The Labute approximate surface area is 172 Å². The fourth-order valence-electron chi connectivity index (χ4n) is 4.35. The lowest BCUT2D eigenvalue weighted by Gasteiger charge is -2.37. The molecule has 3 heterocycles. The van der Waals surface area contributed by atoms with Gasteiger partial charge >= 0.3 is 0 Å². The Balaban J connectivity index is 1.40. The van der Waals surface area contributed by atoms with Gasteiger partial charge in [-0.3, -0.25) is 14.5 Å². The van der Waals surface area contributed by atoms with Crippen molar-refractivity contribution in [2.45, 2.75) is 44.8 Å². The van der Waals surface area contributed by atoms with Crippen molar-refractivity contribution in [2.75, 3.05) is 26.2 Å². The van der Waals surface area contributed by atoms with Crippen LogP contribution in [0.5, 0.6) is 0 Å². The first-order valence-electron chi connectivity index (χ1n) is 10.7. The lowest BCUT2D eigenvalue weighted by Crippen LogP contribution is -2.53. The van der Waals surface area contributed by atoms with Gasteiger partial charge in [-0.25, -0.2) is 0 Å². The van der Waals surface area contributed by atoms with Gasteiger partial charge in [0.25, 0.3) is 5.91 Å². The third-order valence-electron chi connectivity index (χ3n) is 5.95. The largest absolute Gasteiger partial charge is 0.353 e. The SMILES string of the molecule is O=C(CN1CCCCCC1)NCC1Cn2cccc2C(=O)N1Cc1ccccc1. The Kier molecular flexibility index (Phi) is 6.30. The number of hydrogen-bond donors (Lipinski definition) is 1. The number of aromatic nitrogens is 1. The highest BCUT2D eigenvalue weighted by molar-refractivity contribution is 5.93. The quantitative estimate of drug-likeness (QED) is 0.819. The van der Waals surface area contributed by atoms with E-state index in [1.54, 1.807) is 0 Å². The molecule has 1 N–H and O–H groups in total. The number of nitrogens with zero attached hydrogens (tertiary/aromatic N) is 3. The van der Waals surface area contributed by atoms with Crippen LogP contribution in [0, 0.1) is 0 Å². The second-order valence-electron chi connectivity index (χ2n) is 8.11. The van der Waals surface area contributed by atoms with E-state index in [0.29, 0.717) is 31.9 Å². The minimum atomic E-state index is -0.0595. The van der Waals surface area contributed by atoms with Gasteiger partial charge in [0.15, 0.2) is 0 Å².